The van der Waals surface area contributed by atoms with Crippen LogP contribution >= 0.6 is 0 Å². The molecule has 2 rings (SSSR count). The van der Waals surface area contributed by atoms with Crippen LogP contribution in [0.25, 0.3) is 0 Å². The van der Waals surface area contributed by atoms with Crippen molar-refractivity contribution in [2.24, 2.45) is 5.92 Å². The Morgan fingerprint density at radius 1 is 1.64 bits per heavy atom. The summed E-state index contributed by atoms with van der Waals surface area (Å²) >= 11 is 0. The van der Waals surface area contributed by atoms with E-state index in [-0.39, 0.29) is 5.92 Å². The Balaban J connectivity index is 2.07. The van der Waals surface area contributed by atoms with Crippen LogP contribution in [0.15, 0.2) is 24.0 Å². The van der Waals surface area contributed by atoms with Crippen LogP contribution in [0.2, 0.25) is 0 Å². The van der Waals surface area contributed by atoms with Crippen molar-refractivity contribution in [3.63, 3.8) is 0 Å². The van der Waals surface area contributed by atoms with Gasteiger partial charge in [0.2, 0.25) is 0 Å². The number of hydrogen-bond donors (Lipinski definition) is 2. The van der Waals surface area contributed by atoms with Crippen LogP contribution < -0.4 is 5.32 Å². The van der Waals surface area contributed by atoms with E-state index in [1.807, 2.05) is 12.2 Å². The van der Waals surface area contributed by atoms with Crippen LogP contribution in [0.3, 0.4) is 0 Å². The van der Waals surface area contributed by atoms with Crippen LogP contribution in [0.5, 0.6) is 0 Å². The SMILES string of the molecule is O=C(O)C1CNC2=CC=CCCN2C1. The van der Waals surface area contributed by atoms with Crippen molar-refractivity contribution >= 4 is 5.97 Å². The van der Waals surface area contributed by atoms with E-state index in [1.54, 1.807) is 0 Å². The summed E-state index contributed by atoms with van der Waals surface area (Å²) in [5.74, 6) is 0.0512. The monoisotopic (exact) mass is 194 g/mol. The number of carbonyl (C=O) groups is 1. The molecule has 2 aliphatic heterocycles. The number of aliphatic carboxylic acids is 1. The second-order valence-electron chi connectivity index (χ2n) is 3.63. The van der Waals surface area contributed by atoms with E-state index in [4.69, 9.17) is 5.11 Å². The number of nitrogens with zero attached hydrogens (tertiary/aromatic N) is 1. The highest BCUT2D eigenvalue weighted by Crippen LogP contribution is 2.15. The van der Waals surface area contributed by atoms with Crippen LogP contribution in [0.1, 0.15) is 6.42 Å². The molecule has 0 spiro atoms. The van der Waals surface area contributed by atoms with E-state index in [2.05, 4.69) is 16.3 Å². The lowest BCUT2D eigenvalue weighted by Gasteiger charge is -2.35. The standard InChI is InChI=1S/C10H14N2O2/c13-10(14)8-6-11-9-4-2-1-3-5-12(9)7-8/h1-2,4,8,11H,3,5-7H2,(H,13,14). The summed E-state index contributed by atoms with van der Waals surface area (Å²) in [4.78, 5) is 12.9. The number of rotatable bonds is 1. The lowest BCUT2D eigenvalue weighted by atomic mass is 10.1. The molecule has 2 aliphatic rings. The van der Waals surface area contributed by atoms with Crippen molar-refractivity contribution in [3.05, 3.63) is 24.0 Å². The molecule has 1 fully saturated rings. The van der Waals surface area contributed by atoms with Crippen LogP contribution in [0, 0.1) is 5.92 Å². The minimum Gasteiger partial charge on any atom is -0.481 e. The maximum atomic E-state index is 10.8. The summed E-state index contributed by atoms with van der Waals surface area (Å²) in [5, 5.41) is 12.0. The fourth-order valence-corrected chi connectivity index (χ4v) is 1.80. The molecule has 4 nitrogen and oxygen atoms in total. The second-order valence-corrected chi connectivity index (χ2v) is 3.63. The Bertz CT molecular complexity index is 296. The van der Waals surface area contributed by atoms with Crippen molar-refractivity contribution in [2.45, 2.75) is 6.42 Å². The summed E-state index contributed by atoms with van der Waals surface area (Å²) in [6, 6.07) is 0. The molecule has 0 aromatic heterocycles. The van der Waals surface area contributed by atoms with Gasteiger partial charge in [-0.05, 0) is 12.5 Å². The Morgan fingerprint density at radius 2 is 2.50 bits per heavy atom. The summed E-state index contributed by atoms with van der Waals surface area (Å²) in [5.41, 5.74) is 0. The van der Waals surface area contributed by atoms with Gasteiger partial charge in [0.05, 0.1) is 5.92 Å². The zero-order valence-corrected chi connectivity index (χ0v) is 7.94. The molecule has 0 aromatic carbocycles. The molecule has 2 N–H and O–H groups in total. The van der Waals surface area contributed by atoms with Crippen molar-refractivity contribution in [3.8, 4) is 0 Å². The van der Waals surface area contributed by atoms with Gasteiger partial charge in [0, 0.05) is 19.6 Å². The van der Waals surface area contributed by atoms with E-state index < -0.39 is 5.97 Å². The topological polar surface area (TPSA) is 52.6 Å². The van der Waals surface area contributed by atoms with Gasteiger partial charge >= 0.3 is 5.97 Å². The quantitative estimate of drug-likeness (QED) is 0.634. The van der Waals surface area contributed by atoms with E-state index in [0.717, 1.165) is 18.8 Å². The molecule has 0 radical (unpaired) electrons. The van der Waals surface area contributed by atoms with Crippen molar-refractivity contribution in [2.75, 3.05) is 19.6 Å². The first-order chi connectivity index (χ1) is 6.77. The highest BCUT2D eigenvalue weighted by Gasteiger charge is 2.27. The van der Waals surface area contributed by atoms with E-state index in [0.29, 0.717) is 13.1 Å². The molecule has 0 saturated carbocycles. The molecule has 0 aromatic rings. The molecule has 14 heavy (non-hydrogen) atoms. The van der Waals surface area contributed by atoms with Gasteiger partial charge in [-0.1, -0.05) is 12.2 Å². The highest BCUT2D eigenvalue weighted by atomic mass is 16.4. The predicted octanol–water partition coefficient (Wildman–Crippen LogP) is 0.394. The number of fused-ring (bicyclic) bond motifs is 1. The first-order valence-electron chi connectivity index (χ1n) is 4.86. The molecule has 0 aliphatic carbocycles. The molecule has 1 atom stereocenters. The third-order valence-electron chi connectivity index (χ3n) is 2.62. The van der Waals surface area contributed by atoms with Gasteiger partial charge in [0.1, 0.15) is 5.82 Å². The summed E-state index contributed by atoms with van der Waals surface area (Å²) in [6.07, 6.45) is 7.10. The zero-order chi connectivity index (χ0) is 9.97. The lowest BCUT2D eigenvalue weighted by molar-refractivity contribution is -0.142. The Morgan fingerprint density at radius 3 is 3.29 bits per heavy atom. The van der Waals surface area contributed by atoms with Crippen molar-refractivity contribution < 1.29 is 9.90 Å². The zero-order valence-electron chi connectivity index (χ0n) is 7.94. The van der Waals surface area contributed by atoms with Crippen LogP contribution in [-0.2, 0) is 4.79 Å². The number of nitrogens with one attached hydrogen (secondary N) is 1. The first kappa shape index (κ1) is 9.12. The lowest BCUT2D eigenvalue weighted by Crippen LogP contribution is -2.47. The van der Waals surface area contributed by atoms with Gasteiger partial charge < -0.3 is 15.3 Å². The summed E-state index contributed by atoms with van der Waals surface area (Å²) in [7, 11) is 0. The molecule has 0 bridgehead atoms. The molecule has 0 amide bonds. The van der Waals surface area contributed by atoms with Gasteiger partial charge in [0.25, 0.3) is 0 Å². The van der Waals surface area contributed by atoms with Gasteiger partial charge in [-0.2, -0.15) is 0 Å². The average molecular weight is 194 g/mol. The highest BCUT2D eigenvalue weighted by molar-refractivity contribution is 5.70. The Labute approximate surface area is 82.9 Å². The average Bonchev–Trinajstić information content (AvgIpc) is 2.41. The number of carboxylic acids is 1. The Hall–Kier alpha value is -1.45. The molecule has 1 unspecified atom stereocenters. The molecule has 4 heteroatoms. The number of allylic oxidation sites excluding steroid dienone is 2. The normalized spacial score (nSPS) is 25.9. The predicted molar refractivity (Wildman–Crippen MR) is 52.5 cm³/mol. The maximum Gasteiger partial charge on any atom is 0.310 e. The molecular weight excluding hydrogens is 180 g/mol. The third kappa shape index (κ3) is 1.73. The smallest absolute Gasteiger partial charge is 0.310 e. The summed E-state index contributed by atoms with van der Waals surface area (Å²) in [6.45, 7) is 2.06. The minimum absolute atomic E-state index is 0.287. The van der Waals surface area contributed by atoms with E-state index in [1.165, 1.54) is 0 Å². The second kappa shape index (κ2) is 3.74. The van der Waals surface area contributed by atoms with Crippen LogP contribution in [-0.4, -0.2) is 35.6 Å². The van der Waals surface area contributed by atoms with Crippen molar-refractivity contribution in [1.29, 1.82) is 0 Å². The number of hydrogen-bond acceptors (Lipinski definition) is 3. The molecule has 2 heterocycles. The van der Waals surface area contributed by atoms with Crippen molar-refractivity contribution in [1.82, 2.24) is 10.2 Å². The van der Waals surface area contributed by atoms with Gasteiger partial charge in [0.15, 0.2) is 0 Å². The third-order valence-corrected chi connectivity index (χ3v) is 2.62. The van der Waals surface area contributed by atoms with Gasteiger partial charge in [-0.3, -0.25) is 4.79 Å². The maximum absolute atomic E-state index is 10.8. The van der Waals surface area contributed by atoms with E-state index >= 15 is 0 Å². The molecule has 1 saturated heterocycles. The fraction of sp³-hybridized carbons (Fsp3) is 0.500. The first-order valence-corrected chi connectivity index (χ1v) is 4.86. The molecular formula is C10H14N2O2. The Kier molecular flexibility index (Phi) is 2.43. The fourth-order valence-electron chi connectivity index (χ4n) is 1.80. The minimum atomic E-state index is -0.714. The molecule has 76 valence electrons. The largest absolute Gasteiger partial charge is 0.481 e. The van der Waals surface area contributed by atoms with Gasteiger partial charge in [-0.25, -0.2) is 0 Å². The van der Waals surface area contributed by atoms with E-state index in [9.17, 15) is 4.79 Å². The van der Waals surface area contributed by atoms with Crippen LogP contribution in [0.4, 0.5) is 0 Å². The number of carboxylic acid groups (broad SMARTS) is 1. The summed E-state index contributed by atoms with van der Waals surface area (Å²) < 4.78 is 0. The van der Waals surface area contributed by atoms with Gasteiger partial charge in [-0.15, -0.1) is 0 Å².